The molecule has 2 aromatic rings. The second-order valence-electron chi connectivity index (χ2n) is 4.23. The van der Waals surface area contributed by atoms with Gasteiger partial charge in [-0.2, -0.15) is 0 Å². The summed E-state index contributed by atoms with van der Waals surface area (Å²) < 4.78 is 5.77. The maximum atomic E-state index is 5.77. The third-order valence-electron chi connectivity index (χ3n) is 2.58. The number of hydrogen-bond acceptors (Lipinski definition) is 4. The van der Waals surface area contributed by atoms with Crippen LogP contribution >= 0.6 is 0 Å². The zero-order valence-corrected chi connectivity index (χ0v) is 10.6. The van der Waals surface area contributed by atoms with Gasteiger partial charge in [0.1, 0.15) is 11.5 Å². The Balaban J connectivity index is 2.20. The van der Waals surface area contributed by atoms with Crippen LogP contribution in [-0.2, 0) is 6.54 Å². The summed E-state index contributed by atoms with van der Waals surface area (Å²) in [5.41, 5.74) is 7.62. The summed E-state index contributed by atoms with van der Waals surface area (Å²) in [4.78, 5) is 6.12. The first-order valence-electron chi connectivity index (χ1n) is 5.78. The summed E-state index contributed by atoms with van der Waals surface area (Å²) in [6, 6.07) is 9.79. The number of anilines is 1. The van der Waals surface area contributed by atoms with Gasteiger partial charge in [-0.25, -0.2) is 0 Å². The number of ether oxygens (including phenoxy) is 1. The summed E-state index contributed by atoms with van der Waals surface area (Å²) in [6.07, 6.45) is 3.42. The monoisotopic (exact) mass is 243 g/mol. The van der Waals surface area contributed by atoms with E-state index in [1.807, 2.05) is 49.3 Å². The van der Waals surface area contributed by atoms with E-state index in [-0.39, 0.29) is 0 Å². The number of nitrogens with two attached hydrogens (primary N) is 1. The number of pyridine rings is 1. The van der Waals surface area contributed by atoms with Crippen LogP contribution in [0.4, 0.5) is 5.69 Å². The molecule has 0 aliphatic rings. The van der Waals surface area contributed by atoms with Gasteiger partial charge in [0.25, 0.3) is 0 Å². The number of rotatable bonds is 4. The van der Waals surface area contributed by atoms with Gasteiger partial charge in [0.2, 0.25) is 0 Å². The van der Waals surface area contributed by atoms with E-state index in [1.54, 1.807) is 12.4 Å². The Morgan fingerprint density at radius 1 is 1.17 bits per heavy atom. The highest BCUT2D eigenvalue weighted by Gasteiger charge is 2.01. The summed E-state index contributed by atoms with van der Waals surface area (Å²) in [5, 5.41) is 0. The Kier molecular flexibility index (Phi) is 3.79. The molecule has 0 saturated heterocycles. The van der Waals surface area contributed by atoms with E-state index in [9.17, 15) is 0 Å². The van der Waals surface area contributed by atoms with E-state index in [2.05, 4.69) is 4.98 Å². The van der Waals surface area contributed by atoms with Crippen molar-refractivity contribution in [3.63, 3.8) is 0 Å². The second-order valence-corrected chi connectivity index (χ2v) is 4.23. The van der Waals surface area contributed by atoms with Gasteiger partial charge in [-0.3, -0.25) is 4.98 Å². The Morgan fingerprint density at radius 3 is 2.72 bits per heavy atom. The molecule has 1 aromatic heterocycles. The van der Waals surface area contributed by atoms with Gasteiger partial charge in [0.15, 0.2) is 0 Å². The SMILES string of the molecule is CN(C)c1cccc(Oc2cncc(CN)c2)c1. The molecule has 1 heterocycles. The van der Waals surface area contributed by atoms with Crippen molar-refractivity contribution in [1.82, 2.24) is 4.98 Å². The van der Waals surface area contributed by atoms with Gasteiger partial charge in [0.05, 0.1) is 6.20 Å². The normalized spacial score (nSPS) is 10.2. The molecule has 0 spiro atoms. The molecule has 0 fully saturated rings. The van der Waals surface area contributed by atoms with Gasteiger partial charge in [-0.1, -0.05) is 6.07 Å². The van der Waals surface area contributed by atoms with Crippen molar-refractivity contribution in [2.24, 2.45) is 5.73 Å². The molecule has 0 unspecified atom stereocenters. The maximum Gasteiger partial charge on any atom is 0.146 e. The predicted octanol–water partition coefficient (Wildman–Crippen LogP) is 2.40. The average Bonchev–Trinajstić information content (AvgIpc) is 2.39. The summed E-state index contributed by atoms with van der Waals surface area (Å²) in [7, 11) is 3.99. The van der Waals surface area contributed by atoms with E-state index in [0.29, 0.717) is 12.3 Å². The second kappa shape index (κ2) is 5.51. The summed E-state index contributed by atoms with van der Waals surface area (Å²) in [5.74, 6) is 1.49. The lowest BCUT2D eigenvalue weighted by atomic mass is 10.2. The number of benzene rings is 1. The van der Waals surface area contributed by atoms with Crippen LogP contribution in [0.15, 0.2) is 42.7 Å². The molecule has 0 atom stereocenters. The molecule has 4 nitrogen and oxygen atoms in total. The van der Waals surface area contributed by atoms with Crippen molar-refractivity contribution in [1.29, 1.82) is 0 Å². The average molecular weight is 243 g/mol. The topological polar surface area (TPSA) is 51.4 Å². The van der Waals surface area contributed by atoms with Crippen molar-refractivity contribution in [3.05, 3.63) is 48.3 Å². The third kappa shape index (κ3) is 2.99. The molecule has 0 saturated carbocycles. The van der Waals surface area contributed by atoms with Gasteiger partial charge < -0.3 is 15.4 Å². The first kappa shape index (κ1) is 12.4. The van der Waals surface area contributed by atoms with Crippen LogP contribution < -0.4 is 15.4 Å². The Morgan fingerprint density at radius 2 is 2.00 bits per heavy atom. The Bertz CT molecular complexity index is 526. The quantitative estimate of drug-likeness (QED) is 0.895. The van der Waals surface area contributed by atoms with Gasteiger partial charge in [0, 0.05) is 38.6 Å². The largest absolute Gasteiger partial charge is 0.456 e. The fourth-order valence-electron chi connectivity index (χ4n) is 1.59. The lowest BCUT2D eigenvalue weighted by Crippen LogP contribution is -2.08. The van der Waals surface area contributed by atoms with Crippen molar-refractivity contribution >= 4 is 5.69 Å². The van der Waals surface area contributed by atoms with Crippen LogP contribution in [0.5, 0.6) is 11.5 Å². The van der Waals surface area contributed by atoms with Crippen molar-refractivity contribution < 1.29 is 4.74 Å². The van der Waals surface area contributed by atoms with Crippen molar-refractivity contribution in [2.45, 2.75) is 6.54 Å². The predicted molar refractivity (Wildman–Crippen MR) is 73.0 cm³/mol. The van der Waals surface area contributed by atoms with Gasteiger partial charge >= 0.3 is 0 Å². The minimum absolute atomic E-state index is 0.460. The number of hydrogen-bond donors (Lipinski definition) is 1. The van der Waals surface area contributed by atoms with Gasteiger partial charge in [-0.05, 0) is 23.8 Å². The fourth-order valence-corrected chi connectivity index (χ4v) is 1.59. The lowest BCUT2D eigenvalue weighted by molar-refractivity contribution is 0.479. The van der Waals surface area contributed by atoms with E-state index < -0.39 is 0 Å². The molecular formula is C14H17N3O. The Hall–Kier alpha value is -2.07. The standard InChI is InChI=1S/C14H17N3O/c1-17(2)12-4-3-5-13(7-12)18-14-6-11(8-15)9-16-10-14/h3-7,9-10H,8,15H2,1-2H3. The van der Waals surface area contributed by atoms with Gasteiger partial charge in [-0.15, -0.1) is 0 Å². The van der Waals surface area contributed by atoms with E-state index in [0.717, 1.165) is 17.0 Å². The van der Waals surface area contributed by atoms with Crippen LogP contribution in [0.1, 0.15) is 5.56 Å². The zero-order valence-electron chi connectivity index (χ0n) is 10.6. The highest BCUT2D eigenvalue weighted by atomic mass is 16.5. The van der Waals surface area contributed by atoms with Crippen molar-refractivity contribution in [2.75, 3.05) is 19.0 Å². The minimum atomic E-state index is 0.460. The Labute approximate surface area is 107 Å². The molecule has 0 aliphatic heterocycles. The highest BCUT2D eigenvalue weighted by Crippen LogP contribution is 2.25. The minimum Gasteiger partial charge on any atom is -0.456 e. The molecule has 0 radical (unpaired) electrons. The fraction of sp³-hybridized carbons (Fsp3) is 0.214. The highest BCUT2D eigenvalue weighted by molar-refractivity contribution is 5.50. The van der Waals surface area contributed by atoms with Crippen LogP contribution in [0.25, 0.3) is 0 Å². The molecule has 94 valence electrons. The molecular weight excluding hydrogens is 226 g/mol. The van der Waals surface area contributed by atoms with E-state index in [1.165, 1.54) is 0 Å². The molecule has 0 aliphatic carbocycles. The van der Waals surface area contributed by atoms with Crippen LogP contribution in [-0.4, -0.2) is 19.1 Å². The molecule has 1 aromatic carbocycles. The van der Waals surface area contributed by atoms with E-state index >= 15 is 0 Å². The number of nitrogens with zero attached hydrogens (tertiary/aromatic N) is 2. The van der Waals surface area contributed by atoms with Crippen LogP contribution in [0.3, 0.4) is 0 Å². The summed E-state index contributed by atoms with van der Waals surface area (Å²) in [6.45, 7) is 0.460. The first-order chi connectivity index (χ1) is 8.69. The molecule has 18 heavy (non-hydrogen) atoms. The third-order valence-corrected chi connectivity index (χ3v) is 2.58. The maximum absolute atomic E-state index is 5.77. The number of aromatic nitrogens is 1. The van der Waals surface area contributed by atoms with Crippen LogP contribution in [0, 0.1) is 0 Å². The molecule has 0 bridgehead atoms. The smallest absolute Gasteiger partial charge is 0.146 e. The zero-order chi connectivity index (χ0) is 13.0. The molecule has 0 amide bonds. The van der Waals surface area contributed by atoms with Crippen molar-refractivity contribution in [3.8, 4) is 11.5 Å². The van der Waals surface area contributed by atoms with E-state index in [4.69, 9.17) is 10.5 Å². The molecule has 2 rings (SSSR count). The first-order valence-corrected chi connectivity index (χ1v) is 5.78. The summed E-state index contributed by atoms with van der Waals surface area (Å²) >= 11 is 0. The molecule has 4 heteroatoms. The van der Waals surface area contributed by atoms with Crippen LogP contribution in [0.2, 0.25) is 0 Å². The lowest BCUT2D eigenvalue weighted by Gasteiger charge is -2.14. The molecule has 2 N–H and O–H groups in total.